The van der Waals surface area contributed by atoms with E-state index in [2.05, 4.69) is 25.3 Å². The van der Waals surface area contributed by atoms with Gasteiger partial charge < -0.3 is 10.3 Å². The molecular weight excluding hydrogens is 238 g/mol. The van der Waals surface area contributed by atoms with E-state index in [1.165, 1.54) is 0 Å². The van der Waals surface area contributed by atoms with Crippen molar-refractivity contribution in [2.45, 2.75) is 0 Å². The third-order valence-corrected chi connectivity index (χ3v) is 2.49. The number of aromatic nitrogens is 4. The number of aromatic amines is 1. The molecule has 2 N–H and O–H groups in total. The van der Waals surface area contributed by atoms with Crippen molar-refractivity contribution in [1.29, 1.82) is 0 Å². The number of nitrogens with zero attached hydrogens (tertiary/aromatic N) is 3. The predicted molar refractivity (Wildman–Crippen MR) is 66.4 cm³/mol. The van der Waals surface area contributed by atoms with Crippen molar-refractivity contribution in [3.63, 3.8) is 0 Å². The van der Waals surface area contributed by atoms with Crippen LogP contribution >= 0.6 is 11.6 Å². The minimum Gasteiger partial charge on any atom is -0.342 e. The molecular formula is C11H8ClN5. The van der Waals surface area contributed by atoms with Crippen molar-refractivity contribution >= 4 is 34.4 Å². The molecule has 0 aliphatic rings. The second kappa shape index (κ2) is 4.03. The summed E-state index contributed by atoms with van der Waals surface area (Å²) < 4.78 is 0. The number of benzene rings is 1. The van der Waals surface area contributed by atoms with Crippen LogP contribution in [0.4, 0.5) is 11.6 Å². The lowest BCUT2D eigenvalue weighted by Gasteiger charge is -2.04. The Morgan fingerprint density at radius 2 is 2.18 bits per heavy atom. The Kier molecular flexibility index (Phi) is 2.38. The number of hydrogen-bond donors (Lipinski definition) is 2. The van der Waals surface area contributed by atoms with Crippen LogP contribution in [-0.4, -0.2) is 19.9 Å². The summed E-state index contributed by atoms with van der Waals surface area (Å²) in [6, 6.07) is 7.37. The number of fused-ring (bicyclic) bond motifs is 1. The summed E-state index contributed by atoms with van der Waals surface area (Å²) in [5.74, 6) is 0.492. The van der Waals surface area contributed by atoms with E-state index in [1.807, 2.05) is 18.2 Å². The molecule has 2 aromatic heterocycles. The lowest BCUT2D eigenvalue weighted by molar-refractivity contribution is 1.19. The number of H-pyrrole nitrogens is 1. The van der Waals surface area contributed by atoms with Gasteiger partial charge in [0.2, 0.25) is 5.95 Å². The summed E-state index contributed by atoms with van der Waals surface area (Å²) in [6.07, 6.45) is 3.27. The van der Waals surface area contributed by atoms with E-state index in [1.54, 1.807) is 18.6 Å². The summed E-state index contributed by atoms with van der Waals surface area (Å²) in [5.41, 5.74) is 2.28. The zero-order chi connectivity index (χ0) is 11.7. The van der Waals surface area contributed by atoms with Gasteiger partial charge in [-0.1, -0.05) is 17.7 Å². The van der Waals surface area contributed by atoms with Crippen molar-refractivity contribution in [2.24, 2.45) is 0 Å². The van der Waals surface area contributed by atoms with E-state index in [0.717, 1.165) is 11.2 Å². The summed E-state index contributed by atoms with van der Waals surface area (Å²) in [5, 5.41) is 3.73. The minimum atomic E-state index is 0.492. The molecule has 5 nitrogen and oxygen atoms in total. The summed E-state index contributed by atoms with van der Waals surface area (Å²) >= 11 is 5.89. The Morgan fingerprint density at radius 3 is 3.06 bits per heavy atom. The van der Waals surface area contributed by atoms with Crippen LogP contribution in [0.2, 0.25) is 5.02 Å². The second-order valence-electron chi connectivity index (χ2n) is 3.47. The highest BCUT2D eigenvalue weighted by atomic mass is 35.5. The molecule has 0 bridgehead atoms. The zero-order valence-corrected chi connectivity index (χ0v) is 9.44. The third kappa shape index (κ3) is 2.05. The number of anilines is 2. The standard InChI is InChI=1S/C11H8ClN5/c12-7-2-1-3-8(4-7)16-11-13-5-9-10(17-11)15-6-14-9/h1-6H,(H2,13,14,15,16,17). The molecule has 0 atom stereocenters. The Hall–Kier alpha value is -2.14. The Bertz CT molecular complexity index is 664. The van der Waals surface area contributed by atoms with Gasteiger partial charge in [0.15, 0.2) is 5.65 Å². The number of hydrogen-bond acceptors (Lipinski definition) is 4. The largest absolute Gasteiger partial charge is 0.342 e. The van der Waals surface area contributed by atoms with E-state index >= 15 is 0 Å². The Morgan fingerprint density at radius 1 is 1.24 bits per heavy atom. The molecule has 3 rings (SSSR count). The first-order valence-electron chi connectivity index (χ1n) is 5.00. The molecule has 0 aliphatic carbocycles. The highest BCUT2D eigenvalue weighted by Gasteiger charge is 2.02. The molecule has 0 spiro atoms. The Labute approximate surface area is 102 Å². The van der Waals surface area contributed by atoms with Crippen LogP contribution in [0, 0.1) is 0 Å². The third-order valence-electron chi connectivity index (χ3n) is 2.26. The molecule has 2 heterocycles. The molecule has 3 aromatic rings. The fourth-order valence-electron chi connectivity index (χ4n) is 1.49. The summed E-state index contributed by atoms with van der Waals surface area (Å²) in [6.45, 7) is 0. The maximum absolute atomic E-state index is 5.89. The average molecular weight is 246 g/mol. The van der Waals surface area contributed by atoms with Gasteiger partial charge in [0.1, 0.15) is 5.52 Å². The number of imidazole rings is 1. The topological polar surface area (TPSA) is 66.5 Å². The van der Waals surface area contributed by atoms with Crippen LogP contribution in [-0.2, 0) is 0 Å². The predicted octanol–water partition coefficient (Wildman–Crippen LogP) is 2.75. The van der Waals surface area contributed by atoms with Crippen LogP contribution in [0.25, 0.3) is 11.2 Å². The fraction of sp³-hybridized carbons (Fsp3) is 0. The van der Waals surface area contributed by atoms with Crippen LogP contribution < -0.4 is 5.32 Å². The van der Waals surface area contributed by atoms with Crippen LogP contribution in [0.15, 0.2) is 36.8 Å². The molecule has 0 radical (unpaired) electrons. The van der Waals surface area contributed by atoms with E-state index in [0.29, 0.717) is 16.6 Å². The maximum Gasteiger partial charge on any atom is 0.229 e. The second-order valence-corrected chi connectivity index (χ2v) is 3.91. The van der Waals surface area contributed by atoms with Crippen molar-refractivity contribution in [1.82, 2.24) is 19.9 Å². The van der Waals surface area contributed by atoms with Gasteiger partial charge in [-0.2, -0.15) is 4.98 Å². The highest BCUT2D eigenvalue weighted by molar-refractivity contribution is 6.30. The quantitative estimate of drug-likeness (QED) is 0.729. The van der Waals surface area contributed by atoms with E-state index < -0.39 is 0 Å². The van der Waals surface area contributed by atoms with Crippen molar-refractivity contribution in [2.75, 3.05) is 5.32 Å². The fourth-order valence-corrected chi connectivity index (χ4v) is 1.68. The highest BCUT2D eigenvalue weighted by Crippen LogP contribution is 2.18. The molecule has 17 heavy (non-hydrogen) atoms. The van der Waals surface area contributed by atoms with Gasteiger partial charge in [0, 0.05) is 10.7 Å². The first-order chi connectivity index (χ1) is 8.31. The van der Waals surface area contributed by atoms with Crippen LogP contribution in [0.1, 0.15) is 0 Å². The smallest absolute Gasteiger partial charge is 0.229 e. The van der Waals surface area contributed by atoms with E-state index in [4.69, 9.17) is 11.6 Å². The Balaban J connectivity index is 1.94. The summed E-state index contributed by atoms with van der Waals surface area (Å²) in [4.78, 5) is 15.4. The van der Waals surface area contributed by atoms with Gasteiger partial charge >= 0.3 is 0 Å². The number of rotatable bonds is 2. The van der Waals surface area contributed by atoms with Gasteiger partial charge in [-0.25, -0.2) is 9.97 Å². The molecule has 0 fully saturated rings. The molecule has 0 amide bonds. The molecule has 6 heteroatoms. The van der Waals surface area contributed by atoms with Crippen molar-refractivity contribution < 1.29 is 0 Å². The van der Waals surface area contributed by atoms with Crippen molar-refractivity contribution in [3.8, 4) is 0 Å². The number of nitrogens with one attached hydrogen (secondary N) is 2. The molecule has 0 unspecified atom stereocenters. The molecule has 0 saturated heterocycles. The van der Waals surface area contributed by atoms with Gasteiger partial charge in [-0.05, 0) is 18.2 Å². The first-order valence-corrected chi connectivity index (χ1v) is 5.38. The van der Waals surface area contributed by atoms with Gasteiger partial charge in [0.05, 0.1) is 12.5 Å². The molecule has 84 valence electrons. The van der Waals surface area contributed by atoms with E-state index in [9.17, 15) is 0 Å². The average Bonchev–Trinajstić information content (AvgIpc) is 2.76. The molecule has 0 saturated carbocycles. The molecule has 0 aliphatic heterocycles. The van der Waals surface area contributed by atoms with Gasteiger partial charge in [-0.15, -0.1) is 0 Å². The van der Waals surface area contributed by atoms with Crippen LogP contribution in [0.5, 0.6) is 0 Å². The first kappa shape index (κ1) is 10.0. The van der Waals surface area contributed by atoms with E-state index in [-0.39, 0.29) is 0 Å². The van der Waals surface area contributed by atoms with Gasteiger partial charge in [-0.3, -0.25) is 0 Å². The lowest BCUT2D eigenvalue weighted by Crippen LogP contribution is -1.96. The lowest BCUT2D eigenvalue weighted by atomic mass is 10.3. The summed E-state index contributed by atoms with van der Waals surface area (Å²) in [7, 11) is 0. The number of halogens is 1. The van der Waals surface area contributed by atoms with Crippen molar-refractivity contribution in [3.05, 3.63) is 41.8 Å². The molecule has 1 aromatic carbocycles. The normalized spacial score (nSPS) is 10.6. The van der Waals surface area contributed by atoms with Crippen LogP contribution in [0.3, 0.4) is 0 Å². The van der Waals surface area contributed by atoms with Gasteiger partial charge in [0.25, 0.3) is 0 Å². The monoisotopic (exact) mass is 245 g/mol. The zero-order valence-electron chi connectivity index (χ0n) is 8.68. The maximum atomic E-state index is 5.89. The SMILES string of the molecule is Clc1cccc(Nc2ncc3[nH]cnc3n2)c1. The minimum absolute atomic E-state index is 0.492.